The van der Waals surface area contributed by atoms with E-state index in [1.165, 1.54) is 13.0 Å². The number of carbonyl (C=O) groups excluding carboxylic acids is 2. The lowest BCUT2D eigenvalue weighted by molar-refractivity contribution is 0.0316. The fourth-order valence-corrected chi connectivity index (χ4v) is 2.05. The van der Waals surface area contributed by atoms with Gasteiger partial charge in [-0.1, -0.05) is 42.0 Å². The van der Waals surface area contributed by atoms with Gasteiger partial charge in [-0.05, 0) is 32.4 Å². The van der Waals surface area contributed by atoms with E-state index in [1.54, 1.807) is 31.2 Å². The highest BCUT2D eigenvalue weighted by Crippen LogP contribution is 2.23. The zero-order valence-electron chi connectivity index (χ0n) is 12.8. The van der Waals surface area contributed by atoms with Crippen LogP contribution in [0, 0.1) is 13.8 Å². The van der Waals surface area contributed by atoms with Gasteiger partial charge in [-0.3, -0.25) is 4.79 Å². The lowest BCUT2D eigenvalue weighted by atomic mass is 10.1. The Kier molecular flexibility index (Phi) is 4.61. The zero-order valence-corrected chi connectivity index (χ0v) is 12.8. The van der Waals surface area contributed by atoms with E-state index in [4.69, 9.17) is 4.74 Å². The Morgan fingerprint density at radius 1 is 1.05 bits per heavy atom. The number of esters is 1. The first kappa shape index (κ1) is 15.8. The summed E-state index contributed by atoms with van der Waals surface area (Å²) in [7, 11) is 0. The lowest BCUT2D eigenvalue weighted by Gasteiger charge is -2.13. The number of hydrogen-bond donors (Lipinski definition) is 1. The summed E-state index contributed by atoms with van der Waals surface area (Å²) in [4.78, 5) is 24.3. The predicted molar refractivity (Wildman–Crippen MR) is 83.2 cm³/mol. The maximum Gasteiger partial charge on any atom is 0.342 e. The highest BCUT2D eigenvalue weighted by atomic mass is 16.5. The topological polar surface area (TPSA) is 63.6 Å². The van der Waals surface area contributed by atoms with Gasteiger partial charge in [0.25, 0.3) is 0 Å². The molecule has 0 heterocycles. The number of carbonyl (C=O) groups is 2. The number of ketones is 1. The van der Waals surface area contributed by atoms with E-state index in [0.29, 0.717) is 11.1 Å². The minimum atomic E-state index is -0.921. The smallest absolute Gasteiger partial charge is 0.342 e. The maximum atomic E-state index is 12.2. The molecular weight excluding hydrogens is 280 g/mol. The minimum Gasteiger partial charge on any atom is -0.507 e. The van der Waals surface area contributed by atoms with Gasteiger partial charge in [0.15, 0.2) is 6.10 Å². The van der Waals surface area contributed by atoms with Crippen LogP contribution < -0.4 is 0 Å². The van der Waals surface area contributed by atoms with Crippen molar-refractivity contribution >= 4 is 11.8 Å². The van der Waals surface area contributed by atoms with Gasteiger partial charge >= 0.3 is 5.97 Å². The number of phenols is 1. The number of aromatic hydroxyl groups is 1. The van der Waals surface area contributed by atoms with E-state index in [9.17, 15) is 14.7 Å². The van der Waals surface area contributed by atoms with E-state index in [-0.39, 0.29) is 17.1 Å². The fourth-order valence-electron chi connectivity index (χ4n) is 2.05. The molecule has 114 valence electrons. The van der Waals surface area contributed by atoms with Crippen molar-refractivity contribution in [3.05, 3.63) is 64.7 Å². The second kappa shape index (κ2) is 6.43. The summed E-state index contributed by atoms with van der Waals surface area (Å²) in [5.74, 6) is -1.11. The molecule has 0 spiro atoms. The molecule has 22 heavy (non-hydrogen) atoms. The molecule has 0 amide bonds. The van der Waals surface area contributed by atoms with Crippen LogP contribution >= 0.6 is 0 Å². The van der Waals surface area contributed by atoms with Crippen LogP contribution in [-0.2, 0) is 4.74 Å². The summed E-state index contributed by atoms with van der Waals surface area (Å²) < 4.78 is 5.17. The molecule has 2 aromatic rings. The highest BCUT2D eigenvalue weighted by Gasteiger charge is 2.22. The summed E-state index contributed by atoms with van der Waals surface area (Å²) in [5.41, 5.74) is 2.17. The molecule has 1 N–H and O–H groups in total. The van der Waals surface area contributed by atoms with Crippen LogP contribution in [0.25, 0.3) is 0 Å². The average molecular weight is 298 g/mol. The molecule has 0 aliphatic carbocycles. The molecule has 0 saturated heterocycles. The summed E-state index contributed by atoms with van der Waals surface area (Å²) in [5, 5.41) is 9.88. The molecule has 0 fully saturated rings. The summed E-state index contributed by atoms with van der Waals surface area (Å²) >= 11 is 0. The Balaban J connectivity index is 2.12. The third kappa shape index (κ3) is 3.34. The van der Waals surface area contributed by atoms with Gasteiger partial charge < -0.3 is 9.84 Å². The molecule has 0 saturated carbocycles. The quantitative estimate of drug-likeness (QED) is 0.693. The van der Waals surface area contributed by atoms with E-state index in [1.807, 2.05) is 19.1 Å². The van der Waals surface area contributed by atoms with Crippen molar-refractivity contribution in [2.75, 3.05) is 0 Å². The molecule has 0 aliphatic rings. The minimum absolute atomic E-state index is 0.0588. The Hall–Kier alpha value is -2.62. The normalized spacial score (nSPS) is 11.8. The van der Waals surface area contributed by atoms with Crippen molar-refractivity contribution in [2.24, 2.45) is 0 Å². The van der Waals surface area contributed by atoms with Crippen LogP contribution in [0.2, 0.25) is 0 Å². The van der Waals surface area contributed by atoms with Gasteiger partial charge in [0.1, 0.15) is 11.3 Å². The highest BCUT2D eigenvalue weighted by molar-refractivity contribution is 6.01. The van der Waals surface area contributed by atoms with E-state index >= 15 is 0 Å². The van der Waals surface area contributed by atoms with Gasteiger partial charge in [-0.15, -0.1) is 0 Å². The molecule has 0 unspecified atom stereocenters. The van der Waals surface area contributed by atoms with Crippen LogP contribution in [0.1, 0.15) is 38.8 Å². The van der Waals surface area contributed by atoms with Crippen molar-refractivity contribution in [1.29, 1.82) is 0 Å². The molecule has 0 bridgehead atoms. The van der Waals surface area contributed by atoms with Gasteiger partial charge in [-0.2, -0.15) is 0 Å². The van der Waals surface area contributed by atoms with E-state index < -0.39 is 12.1 Å². The summed E-state index contributed by atoms with van der Waals surface area (Å²) in [6, 6.07) is 11.9. The Labute approximate surface area is 129 Å². The Bertz CT molecular complexity index is 702. The number of aryl methyl sites for hydroxylation is 2. The molecule has 2 rings (SSSR count). The van der Waals surface area contributed by atoms with Gasteiger partial charge in [0.05, 0.1) is 0 Å². The van der Waals surface area contributed by atoms with Crippen molar-refractivity contribution in [3.63, 3.8) is 0 Å². The monoisotopic (exact) mass is 298 g/mol. The van der Waals surface area contributed by atoms with Crippen molar-refractivity contribution in [2.45, 2.75) is 26.9 Å². The van der Waals surface area contributed by atoms with Crippen LogP contribution in [0.4, 0.5) is 0 Å². The molecule has 0 radical (unpaired) electrons. The second-order valence-electron chi connectivity index (χ2n) is 5.25. The summed E-state index contributed by atoms with van der Waals surface area (Å²) in [6.07, 6.45) is -0.921. The van der Waals surface area contributed by atoms with Crippen molar-refractivity contribution in [1.82, 2.24) is 0 Å². The third-order valence-corrected chi connectivity index (χ3v) is 3.45. The third-order valence-electron chi connectivity index (χ3n) is 3.45. The predicted octanol–water partition coefficient (Wildman–Crippen LogP) is 3.44. The number of phenolic OH excluding ortho intramolecular Hbond substituents is 1. The number of rotatable bonds is 4. The number of benzene rings is 2. The van der Waals surface area contributed by atoms with Crippen molar-refractivity contribution in [3.8, 4) is 5.75 Å². The van der Waals surface area contributed by atoms with Gasteiger partial charge in [-0.25, -0.2) is 4.79 Å². The van der Waals surface area contributed by atoms with Crippen LogP contribution in [0.3, 0.4) is 0 Å². The zero-order chi connectivity index (χ0) is 16.3. The first-order chi connectivity index (χ1) is 10.4. The molecule has 0 aromatic heterocycles. The first-order valence-electron chi connectivity index (χ1n) is 7.00. The lowest BCUT2D eigenvalue weighted by Crippen LogP contribution is -2.24. The Morgan fingerprint density at radius 2 is 1.68 bits per heavy atom. The average Bonchev–Trinajstić information content (AvgIpc) is 2.50. The number of Topliss-reactive ketones (excluding diaryl/α,β-unsaturated/α-hetero) is 1. The van der Waals surface area contributed by atoms with E-state index in [0.717, 1.165) is 5.56 Å². The molecule has 0 aliphatic heterocycles. The standard InChI is InChI=1S/C18H18O4/c1-11-7-9-14(10-8-11)17(20)13(3)22-18(21)15-6-4-5-12(2)16(15)19/h4-10,13,19H,1-3H3/t13-/m1/s1. The molecular formula is C18H18O4. The maximum absolute atomic E-state index is 12.2. The van der Waals surface area contributed by atoms with E-state index in [2.05, 4.69) is 0 Å². The van der Waals surface area contributed by atoms with Crippen LogP contribution in [-0.4, -0.2) is 23.0 Å². The number of hydrogen-bond acceptors (Lipinski definition) is 4. The fraction of sp³-hybridized carbons (Fsp3) is 0.222. The number of para-hydroxylation sites is 1. The molecule has 4 nitrogen and oxygen atoms in total. The van der Waals surface area contributed by atoms with Crippen LogP contribution in [0.5, 0.6) is 5.75 Å². The Morgan fingerprint density at radius 3 is 2.32 bits per heavy atom. The van der Waals surface area contributed by atoms with Crippen molar-refractivity contribution < 1.29 is 19.4 Å². The molecule has 1 atom stereocenters. The van der Waals surface area contributed by atoms with Gasteiger partial charge in [0, 0.05) is 5.56 Å². The molecule has 2 aromatic carbocycles. The number of ether oxygens (including phenoxy) is 1. The second-order valence-corrected chi connectivity index (χ2v) is 5.25. The SMILES string of the molecule is Cc1ccc(C(=O)[C@@H](C)OC(=O)c2cccc(C)c2O)cc1. The van der Waals surface area contributed by atoms with Gasteiger partial charge in [0.2, 0.25) is 5.78 Å². The molecule has 4 heteroatoms. The van der Waals surface area contributed by atoms with Crippen LogP contribution in [0.15, 0.2) is 42.5 Å². The summed E-state index contributed by atoms with van der Waals surface area (Å²) in [6.45, 7) is 5.14. The largest absolute Gasteiger partial charge is 0.507 e. The first-order valence-corrected chi connectivity index (χ1v) is 7.00.